The van der Waals surface area contributed by atoms with Crippen LogP contribution in [0.4, 0.5) is 5.82 Å². The molecule has 1 N–H and O–H groups in total. The number of aryl methyl sites for hydroxylation is 1. The molecule has 1 amide bonds. The molecular formula is C16H26N4O2. The van der Waals surface area contributed by atoms with Crippen molar-refractivity contribution in [3.05, 3.63) is 17.6 Å². The van der Waals surface area contributed by atoms with Gasteiger partial charge in [-0.1, -0.05) is 6.92 Å². The molecule has 2 rings (SSSR count). The summed E-state index contributed by atoms with van der Waals surface area (Å²) in [5, 5.41) is 2.81. The summed E-state index contributed by atoms with van der Waals surface area (Å²) >= 11 is 0. The largest absolute Gasteiger partial charge is 0.383 e. The van der Waals surface area contributed by atoms with E-state index >= 15 is 0 Å². The van der Waals surface area contributed by atoms with Crippen LogP contribution in [0.25, 0.3) is 0 Å². The fourth-order valence-corrected chi connectivity index (χ4v) is 2.90. The number of hydrogen-bond donors (Lipinski definition) is 1. The molecule has 1 saturated heterocycles. The lowest BCUT2D eigenvalue weighted by molar-refractivity contribution is 0.0931. The van der Waals surface area contributed by atoms with E-state index in [1.54, 1.807) is 7.11 Å². The molecule has 0 saturated carbocycles. The standard InChI is InChI=1S/C16H26N4O2/c1-4-13-7-5-6-9-20(13)15-11-14(18-12(2)19-15)16(21)17-8-10-22-3/h11,13H,4-10H2,1-3H3,(H,17,21). The van der Waals surface area contributed by atoms with Crippen molar-refractivity contribution in [2.75, 3.05) is 31.7 Å². The van der Waals surface area contributed by atoms with Gasteiger partial charge in [0, 0.05) is 32.3 Å². The number of rotatable bonds is 6. The van der Waals surface area contributed by atoms with Crippen LogP contribution in [0.3, 0.4) is 0 Å². The lowest BCUT2D eigenvalue weighted by atomic mass is 10.00. The second-order valence-corrected chi connectivity index (χ2v) is 5.66. The maximum absolute atomic E-state index is 12.2. The second kappa shape index (κ2) is 8.08. The van der Waals surface area contributed by atoms with Crippen molar-refractivity contribution in [1.29, 1.82) is 0 Å². The topological polar surface area (TPSA) is 67.4 Å². The van der Waals surface area contributed by atoms with Crippen LogP contribution in [0.5, 0.6) is 0 Å². The summed E-state index contributed by atoms with van der Waals surface area (Å²) in [4.78, 5) is 23.3. The van der Waals surface area contributed by atoms with E-state index in [2.05, 4.69) is 27.1 Å². The molecule has 2 heterocycles. The molecule has 1 aromatic heterocycles. The van der Waals surface area contributed by atoms with Crippen molar-refractivity contribution < 1.29 is 9.53 Å². The molecule has 1 aliphatic heterocycles. The van der Waals surface area contributed by atoms with Crippen molar-refractivity contribution in [2.24, 2.45) is 0 Å². The van der Waals surface area contributed by atoms with Crippen LogP contribution in [0.15, 0.2) is 6.07 Å². The van der Waals surface area contributed by atoms with Gasteiger partial charge in [0.15, 0.2) is 0 Å². The first-order valence-corrected chi connectivity index (χ1v) is 8.05. The number of methoxy groups -OCH3 is 1. The normalized spacial score (nSPS) is 18.3. The van der Waals surface area contributed by atoms with Gasteiger partial charge < -0.3 is 15.0 Å². The van der Waals surface area contributed by atoms with Gasteiger partial charge in [-0.25, -0.2) is 9.97 Å². The number of amides is 1. The third kappa shape index (κ3) is 4.16. The van der Waals surface area contributed by atoms with Gasteiger partial charge in [0.25, 0.3) is 5.91 Å². The average molecular weight is 306 g/mol. The summed E-state index contributed by atoms with van der Waals surface area (Å²) in [7, 11) is 1.61. The smallest absolute Gasteiger partial charge is 0.270 e. The molecule has 0 radical (unpaired) electrons. The molecule has 1 aromatic rings. The van der Waals surface area contributed by atoms with Crippen molar-refractivity contribution in [3.8, 4) is 0 Å². The zero-order valence-corrected chi connectivity index (χ0v) is 13.8. The Morgan fingerprint density at radius 3 is 3.00 bits per heavy atom. The summed E-state index contributed by atoms with van der Waals surface area (Å²) in [6, 6.07) is 2.32. The van der Waals surface area contributed by atoms with Gasteiger partial charge in [0.05, 0.1) is 6.61 Å². The number of hydrogen-bond acceptors (Lipinski definition) is 5. The highest BCUT2D eigenvalue weighted by molar-refractivity contribution is 5.92. The highest BCUT2D eigenvalue weighted by Crippen LogP contribution is 2.25. The van der Waals surface area contributed by atoms with Crippen LogP contribution in [-0.2, 0) is 4.74 Å². The third-order valence-electron chi connectivity index (χ3n) is 4.04. The predicted molar refractivity (Wildman–Crippen MR) is 86.3 cm³/mol. The van der Waals surface area contributed by atoms with Gasteiger partial charge >= 0.3 is 0 Å². The van der Waals surface area contributed by atoms with Crippen LogP contribution in [0.2, 0.25) is 0 Å². The SMILES string of the molecule is CCC1CCCCN1c1cc(C(=O)NCCOC)nc(C)n1. The predicted octanol–water partition coefficient (Wildman–Crippen LogP) is 1.93. The molecule has 0 aromatic carbocycles. The zero-order valence-electron chi connectivity index (χ0n) is 13.8. The fourth-order valence-electron chi connectivity index (χ4n) is 2.90. The zero-order chi connectivity index (χ0) is 15.9. The number of anilines is 1. The van der Waals surface area contributed by atoms with Gasteiger partial charge in [0.1, 0.15) is 17.3 Å². The molecule has 1 unspecified atom stereocenters. The van der Waals surface area contributed by atoms with Crippen LogP contribution in [0, 0.1) is 6.92 Å². The Kier molecular flexibility index (Phi) is 6.12. The molecule has 1 fully saturated rings. The van der Waals surface area contributed by atoms with Gasteiger partial charge in [-0.15, -0.1) is 0 Å². The Bertz CT molecular complexity index is 507. The number of nitrogens with zero attached hydrogens (tertiary/aromatic N) is 3. The number of piperidine rings is 1. The first-order chi connectivity index (χ1) is 10.7. The summed E-state index contributed by atoms with van der Waals surface area (Å²) in [5.74, 6) is 1.33. The second-order valence-electron chi connectivity index (χ2n) is 5.66. The molecule has 1 atom stereocenters. The van der Waals surface area contributed by atoms with E-state index in [9.17, 15) is 4.79 Å². The summed E-state index contributed by atoms with van der Waals surface area (Å²) < 4.78 is 4.94. The summed E-state index contributed by atoms with van der Waals surface area (Å²) in [6.45, 7) is 6.01. The van der Waals surface area contributed by atoms with Crippen molar-refractivity contribution >= 4 is 11.7 Å². The Morgan fingerprint density at radius 2 is 2.27 bits per heavy atom. The molecule has 122 valence electrons. The molecule has 0 bridgehead atoms. The summed E-state index contributed by atoms with van der Waals surface area (Å²) in [5.41, 5.74) is 0.430. The maximum atomic E-state index is 12.2. The highest BCUT2D eigenvalue weighted by Gasteiger charge is 2.23. The Balaban J connectivity index is 2.16. The van der Waals surface area contributed by atoms with Crippen molar-refractivity contribution in [1.82, 2.24) is 15.3 Å². The third-order valence-corrected chi connectivity index (χ3v) is 4.04. The summed E-state index contributed by atoms with van der Waals surface area (Å²) in [6.07, 6.45) is 4.73. The molecule has 22 heavy (non-hydrogen) atoms. The minimum atomic E-state index is -0.172. The van der Waals surface area contributed by atoms with Crippen LogP contribution in [0.1, 0.15) is 48.9 Å². The number of aromatic nitrogens is 2. The molecule has 6 nitrogen and oxygen atoms in total. The lowest BCUT2D eigenvalue weighted by Gasteiger charge is -2.36. The van der Waals surface area contributed by atoms with E-state index < -0.39 is 0 Å². The lowest BCUT2D eigenvalue weighted by Crippen LogP contribution is -2.40. The molecule has 6 heteroatoms. The van der Waals surface area contributed by atoms with E-state index in [-0.39, 0.29) is 5.91 Å². The number of carbonyl (C=O) groups is 1. The molecule has 0 spiro atoms. The van der Waals surface area contributed by atoms with Crippen molar-refractivity contribution in [3.63, 3.8) is 0 Å². The molecular weight excluding hydrogens is 280 g/mol. The van der Waals surface area contributed by atoms with Crippen molar-refractivity contribution in [2.45, 2.75) is 45.6 Å². The minimum Gasteiger partial charge on any atom is -0.383 e. The van der Waals surface area contributed by atoms with E-state index in [4.69, 9.17) is 4.74 Å². The van der Waals surface area contributed by atoms with Gasteiger partial charge in [0.2, 0.25) is 0 Å². The molecule has 0 aliphatic carbocycles. The quantitative estimate of drug-likeness (QED) is 0.813. The number of carbonyl (C=O) groups excluding carboxylic acids is 1. The minimum absolute atomic E-state index is 0.172. The van der Waals surface area contributed by atoms with Gasteiger partial charge in [-0.3, -0.25) is 4.79 Å². The Labute approximate surface area is 132 Å². The maximum Gasteiger partial charge on any atom is 0.270 e. The van der Waals surface area contributed by atoms with Crippen LogP contribution >= 0.6 is 0 Å². The van der Waals surface area contributed by atoms with Crippen LogP contribution < -0.4 is 10.2 Å². The van der Waals surface area contributed by atoms with E-state index in [1.807, 2.05) is 13.0 Å². The Hall–Kier alpha value is -1.69. The number of nitrogens with one attached hydrogen (secondary N) is 1. The van der Waals surface area contributed by atoms with E-state index in [0.717, 1.165) is 18.8 Å². The average Bonchev–Trinajstić information content (AvgIpc) is 2.54. The first kappa shape index (κ1) is 16.7. The highest BCUT2D eigenvalue weighted by atomic mass is 16.5. The van der Waals surface area contributed by atoms with Crippen LogP contribution in [-0.4, -0.2) is 48.7 Å². The van der Waals surface area contributed by atoms with Gasteiger partial charge in [-0.2, -0.15) is 0 Å². The van der Waals surface area contributed by atoms with E-state index in [1.165, 1.54) is 19.3 Å². The van der Waals surface area contributed by atoms with E-state index in [0.29, 0.717) is 30.7 Å². The monoisotopic (exact) mass is 306 g/mol. The fraction of sp³-hybridized carbons (Fsp3) is 0.688. The molecule has 1 aliphatic rings. The first-order valence-electron chi connectivity index (χ1n) is 8.05. The number of ether oxygens (including phenoxy) is 1. The Morgan fingerprint density at radius 1 is 1.45 bits per heavy atom. The van der Waals surface area contributed by atoms with Gasteiger partial charge in [-0.05, 0) is 32.6 Å².